The quantitative estimate of drug-likeness (QED) is 0.0616. The molecule has 3 aromatic rings. The van der Waals surface area contributed by atoms with Gasteiger partial charge in [-0.3, -0.25) is 0 Å². The Balaban J connectivity index is 1.69. The fourth-order valence-electron chi connectivity index (χ4n) is 8.71. The van der Waals surface area contributed by atoms with Crippen molar-refractivity contribution in [1.82, 2.24) is 19.7 Å². The van der Waals surface area contributed by atoms with Crippen LogP contribution in [0, 0.1) is 0 Å². The second-order valence-electron chi connectivity index (χ2n) is 15.6. The minimum absolute atomic E-state index is 0.140. The van der Waals surface area contributed by atoms with Gasteiger partial charge >= 0.3 is 5.97 Å². The van der Waals surface area contributed by atoms with Crippen molar-refractivity contribution in [3.8, 4) is 0 Å². The normalized spacial score (nSPS) is 20.3. The van der Waals surface area contributed by atoms with E-state index in [2.05, 4.69) is 93.1 Å². The van der Waals surface area contributed by atoms with E-state index in [0.29, 0.717) is 44.0 Å². The number of esters is 1. The highest BCUT2D eigenvalue weighted by molar-refractivity contribution is 7.99. The number of fused-ring (bicyclic) bond motifs is 1. The van der Waals surface area contributed by atoms with Crippen LogP contribution >= 0.6 is 11.8 Å². The summed E-state index contributed by atoms with van der Waals surface area (Å²) in [5, 5.41) is 5.85. The number of carbonyl (C=O) groups is 1. The zero-order valence-corrected chi connectivity index (χ0v) is 35.4. The van der Waals surface area contributed by atoms with E-state index >= 15 is 4.39 Å². The zero-order valence-electron chi connectivity index (χ0n) is 32.6. The molecule has 1 aliphatic heterocycles. The van der Waals surface area contributed by atoms with E-state index in [1.807, 2.05) is 6.07 Å². The Morgan fingerprint density at radius 3 is 2.02 bits per heavy atom. The standard InChI is InChI=1S/C37H60FN5O5SSi2/c1-22(2)50(23(3)4,24(5)6)46-20-29-32(48-51(25(7)8,26(9)10)27(11)12)31(38)36(47-29)43-34-30(33(39)40-21-41-34)35(42-43)49-19-18-45-37(44)28-16-14-13-15-17-28/h13-17,21-27,29,31-32,36H,18-20H2,1-12H3,(H2,39,40,41)/t29-,31+,32-,36-/m1/s1. The lowest BCUT2D eigenvalue weighted by molar-refractivity contribution is -0.0482. The summed E-state index contributed by atoms with van der Waals surface area (Å²) in [7, 11) is -4.86. The number of nitrogens with two attached hydrogens (primary N) is 1. The maximum atomic E-state index is 17.3. The number of anilines is 1. The summed E-state index contributed by atoms with van der Waals surface area (Å²) in [6.07, 6.45) is -2.86. The van der Waals surface area contributed by atoms with Crippen LogP contribution in [0.2, 0.25) is 33.2 Å². The van der Waals surface area contributed by atoms with Gasteiger partial charge in [0.2, 0.25) is 8.32 Å². The Bertz CT molecular complexity index is 1550. The first kappa shape index (κ1) is 41.4. The highest BCUT2D eigenvalue weighted by Crippen LogP contribution is 2.48. The van der Waals surface area contributed by atoms with E-state index in [1.54, 1.807) is 24.3 Å². The molecule has 4 atom stereocenters. The monoisotopic (exact) mass is 761 g/mol. The van der Waals surface area contributed by atoms with E-state index in [-0.39, 0.29) is 35.7 Å². The van der Waals surface area contributed by atoms with Crippen LogP contribution in [0.3, 0.4) is 0 Å². The Kier molecular flexibility index (Phi) is 13.9. The van der Waals surface area contributed by atoms with Gasteiger partial charge in [-0.2, -0.15) is 5.10 Å². The largest absolute Gasteiger partial charge is 0.461 e. The topological polar surface area (TPSA) is 124 Å². The highest BCUT2D eigenvalue weighted by atomic mass is 32.2. The zero-order chi connectivity index (χ0) is 37.8. The van der Waals surface area contributed by atoms with Gasteiger partial charge in [0, 0.05) is 5.75 Å². The van der Waals surface area contributed by atoms with Crippen molar-refractivity contribution < 1.29 is 27.5 Å². The molecule has 0 bridgehead atoms. The summed E-state index contributed by atoms with van der Waals surface area (Å²) in [6.45, 7) is 27.0. The van der Waals surface area contributed by atoms with Gasteiger partial charge in [-0.25, -0.2) is 23.8 Å². The van der Waals surface area contributed by atoms with E-state index in [0.717, 1.165) is 0 Å². The third kappa shape index (κ3) is 8.25. The van der Waals surface area contributed by atoms with Gasteiger partial charge in [-0.05, 0) is 45.4 Å². The van der Waals surface area contributed by atoms with Crippen LogP contribution in [0.5, 0.6) is 0 Å². The molecule has 2 N–H and O–H groups in total. The van der Waals surface area contributed by atoms with Crippen LogP contribution in [0.1, 0.15) is 99.7 Å². The van der Waals surface area contributed by atoms with Crippen LogP contribution < -0.4 is 5.73 Å². The number of hydrogen-bond donors (Lipinski definition) is 1. The number of nitrogens with zero attached hydrogens (tertiary/aromatic N) is 4. The van der Waals surface area contributed by atoms with Crippen molar-refractivity contribution in [2.24, 2.45) is 0 Å². The fraction of sp³-hybridized carbons (Fsp3) is 0.676. The summed E-state index contributed by atoms with van der Waals surface area (Å²) >= 11 is 1.34. The highest BCUT2D eigenvalue weighted by Gasteiger charge is 2.56. The summed E-state index contributed by atoms with van der Waals surface area (Å²) in [5.41, 5.74) is 9.03. The van der Waals surface area contributed by atoms with E-state index < -0.39 is 47.2 Å². The van der Waals surface area contributed by atoms with Crippen LogP contribution in [0.25, 0.3) is 11.0 Å². The lowest BCUT2D eigenvalue weighted by Crippen LogP contribution is -2.55. The molecule has 0 aliphatic carbocycles. The van der Waals surface area contributed by atoms with E-state index in [9.17, 15) is 4.79 Å². The number of hydrogen-bond acceptors (Lipinski definition) is 10. The minimum atomic E-state index is -2.55. The van der Waals surface area contributed by atoms with Gasteiger partial charge in [-0.15, -0.1) is 11.8 Å². The molecule has 51 heavy (non-hydrogen) atoms. The molecule has 284 valence electrons. The molecule has 0 saturated carbocycles. The van der Waals surface area contributed by atoms with Gasteiger partial charge in [0.05, 0.1) is 17.6 Å². The van der Waals surface area contributed by atoms with Crippen LogP contribution in [0.15, 0.2) is 41.7 Å². The summed E-state index contributed by atoms with van der Waals surface area (Å²) in [6, 6.07) is 8.83. The predicted octanol–water partition coefficient (Wildman–Crippen LogP) is 9.35. The molecule has 0 spiro atoms. The Morgan fingerprint density at radius 1 is 0.902 bits per heavy atom. The maximum Gasteiger partial charge on any atom is 0.338 e. The number of thioether (sulfide) groups is 1. The third-order valence-electron chi connectivity index (χ3n) is 10.8. The molecule has 1 fully saturated rings. The fourth-order valence-corrected chi connectivity index (χ4v) is 20.6. The van der Waals surface area contributed by atoms with Crippen molar-refractivity contribution in [2.45, 2.75) is 146 Å². The molecule has 4 rings (SSSR count). The number of ether oxygens (including phenoxy) is 2. The van der Waals surface area contributed by atoms with E-state index in [1.165, 1.54) is 22.8 Å². The first-order valence-corrected chi connectivity index (χ1v) is 23.7. The van der Waals surface area contributed by atoms with Crippen molar-refractivity contribution in [2.75, 3.05) is 24.7 Å². The Hall–Kier alpha value is -2.37. The second kappa shape index (κ2) is 17.2. The number of carbonyl (C=O) groups excluding carboxylic acids is 1. The average molecular weight is 762 g/mol. The van der Waals surface area contributed by atoms with Crippen LogP contribution in [-0.4, -0.2) is 79.7 Å². The molecule has 2 aromatic heterocycles. The van der Waals surface area contributed by atoms with Crippen molar-refractivity contribution >= 4 is 51.2 Å². The summed E-state index contributed by atoms with van der Waals surface area (Å²) in [5.74, 6) is 0.212. The smallest absolute Gasteiger partial charge is 0.338 e. The Morgan fingerprint density at radius 2 is 1.47 bits per heavy atom. The summed E-state index contributed by atoms with van der Waals surface area (Å²) < 4.78 is 45.3. The molecule has 1 saturated heterocycles. The molecular weight excluding hydrogens is 702 g/mol. The number of nitrogen functional groups attached to an aromatic ring is 1. The molecule has 0 amide bonds. The first-order valence-electron chi connectivity index (χ1n) is 18.4. The van der Waals surface area contributed by atoms with Gasteiger partial charge in [0.25, 0.3) is 0 Å². The molecule has 14 heteroatoms. The van der Waals surface area contributed by atoms with Crippen molar-refractivity contribution in [3.63, 3.8) is 0 Å². The molecular formula is C37H60FN5O5SSi2. The average Bonchev–Trinajstić information content (AvgIpc) is 3.58. The van der Waals surface area contributed by atoms with Gasteiger partial charge in [0.15, 0.2) is 26.4 Å². The molecule has 0 unspecified atom stereocenters. The predicted molar refractivity (Wildman–Crippen MR) is 209 cm³/mol. The molecule has 1 aromatic carbocycles. The lowest BCUT2D eigenvalue weighted by atomic mass is 10.1. The molecule has 1 aliphatic rings. The molecule has 3 heterocycles. The molecule has 0 radical (unpaired) electrons. The summed E-state index contributed by atoms with van der Waals surface area (Å²) in [4.78, 5) is 21.2. The van der Waals surface area contributed by atoms with Gasteiger partial charge in [-0.1, -0.05) is 101 Å². The number of halogens is 1. The maximum absolute atomic E-state index is 17.3. The van der Waals surface area contributed by atoms with Crippen molar-refractivity contribution in [1.29, 1.82) is 0 Å². The van der Waals surface area contributed by atoms with Crippen LogP contribution in [-0.2, 0) is 18.3 Å². The van der Waals surface area contributed by atoms with Gasteiger partial charge in [0.1, 0.15) is 36.0 Å². The third-order valence-corrected chi connectivity index (χ3v) is 23.9. The number of alkyl halides is 1. The van der Waals surface area contributed by atoms with Crippen molar-refractivity contribution in [3.05, 3.63) is 42.2 Å². The number of benzene rings is 1. The first-order chi connectivity index (χ1) is 24.0. The molecule has 10 nitrogen and oxygen atoms in total. The number of rotatable bonds is 17. The Labute approximate surface area is 310 Å². The van der Waals surface area contributed by atoms with Gasteiger partial charge < -0.3 is 24.1 Å². The second-order valence-corrected chi connectivity index (χ2v) is 27.5. The van der Waals surface area contributed by atoms with E-state index in [4.69, 9.17) is 29.2 Å². The number of aromatic nitrogens is 4. The SMILES string of the molecule is CC(C)[Si](OC[C@H]1O[C@@H](n2nc(SCCOC(=O)c3ccccc3)c3c(N)ncnc32)[C@@H](F)[C@@H]1O[Si](C(C)C)(C(C)C)C(C)C)(C(C)C)C(C)C. The minimum Gasteiger partial charge on any atom is -0.461 e. The lowest BCUT2D eigenvalue weighted by Gasteiger charge is -2.46. The van der Waals surface area contributed by atoms with Crippen LogP contribution in [0.4, 0.5) is 10.2 Å².